The van der Waals surface area contributed by atoms with Crippen molar-refractivity contribution < 1.29 is 4.79 Å². The van der Waals surface area contributed by atoms with Gasteiger partial charge in [0.15, 0.2) is 0 Å². The van der Waals surface area contributed by atoms with Crippen LogP contribution in [0.25, 0.3) is 0 Å². The van der Waals surface area contributed by atoms with Gasteiger partial charge in [-0.1, -0.05) is 29.8 Å². The lowest BCUT2D eigenvalue weighted by molar-refractivity contribution is 0.0938. The van der Waals surface area contributed by atoms with Gasteiger partial charge in [-0.2, -0.15) is 0 Å². The molecular weight excluding hydrogens is 316 g/mol. The second-order valence-corrected chi connectivity index (χ2v) is 6.85. The molecule has 1 aliphatic heterocycles. The lowest BCUT2D eigenvalue weighted by Gasteiger charge is -2.27. The molecule has 1 N–H and O–H groups in total. The Morgan fingerprint density at radius 3 is 2.68 bits per heavy atom. The van der Waals surface area contributed by atoms with E-state index in [1.54, 1.807) is 23.5 Å². The van der Waals surface area contributed by atoms with Crippen molar-refractivity contribution in [1.29, 1.82) is 0 Å². The Morgan fingerprint density at radius 2 is 2.00 bits per heavy atom. The predicted octanol–water partition coefficient (Wildman–Crippen LogP) is 3.97. The fourth-order valence-electron chi connectivity index (χ4n) is 2.87. The van der Waals surface area contributed by atoms with Crippen LogP contribution in [0.15, 0.2) is 41.8 Å². The van der Waals surface area contributed by atoms with E-state index in [1.807, 2.05) is 12.1 Å². The Bertz CT molecular complexity index is 623. The molecule has 116 valence electrons. The minimum atomic E-state index is -0.105. The lowest BCUT2D eigenvalue weighted by atomic mass is 10.2. The molecule has 1 aromatic carbocycles. The van der Waals surface area contributed by atoms with E-state index in [0.717, 1.165) is 13.1 Å². The van der Waals surface area contributed by atoms with Crippen LogP contribution >= 0.6 is 22.9 Å². The van der Waals surface area contributed by atoms with Gasteiger partial charge in [0.05, 0.1) is 16.6 Å². The minimum absolute atomic E-state index is 0.105. The maximum absolute atomic E-state index is 12.3. The van der Waals surface area contributed by atoms with Gasteiger partial charge < -0.3 is 5.32 Å². The van der Waals surface area contributed by atoms with Crippen molar-refractivity contribution in [2.75, 3.05) is 19.6 Å². The van der Waals surface area contributed by atoms with Crippen LogP contribution < -0.4 is 5.32 Å². The molecule has 0 bridgehead atoms. The number of benzene rings is 1. The zero-order chi connectivity index (χ0) is 15.4. The third-order valence-electron chi connectivity index (χ3n) is 4.03. The van der Waals surface area contributed by atoms with Crippen molar-refractivity contribution in [3.05, 3.63) is 57.2 Å². The molecule has 0 saturated carbocycles. The van der Waals surface area contributed by atoms with Gasteiger partial charge in [0.1, 0.15) is 0 Å². The summed E-state index contributed by atoms with van der Waals surface area (Å²) in [6.45, 7) is 2.82. The highest BCUT2D eigenvalue weighted by atomic mass is 35.5. The highest BCUT2D eigenvalue weighted by molar-refractivity contribution is 7.10. The molecule has 2 heterocycles. The number of hydrogen-bond donors (Lipinski definition) is 1. The van der Waals surface area contributed by atoms with E-state index in [1.165, 1.54) is 17.7 Å². The van der Waals surface area contributed by atoms with Crippen molar-refractivity contribution in [3.8, 4) is 0 Å². The zero-order valence-corrected chi connectivity index (χ0v) is 13.9. The summed E-state index contributed by atoms with van der Waals surface area (Å²) in [7, 11) is 0. The van der Waals surface area contributed by atoms with Crippen LogP contribution in [0.4, 0.5) is 0 Å². The molecule has 1 atom stereocenters. The van der Waals surface area contributed by atoms with Gasteiger partial charge in [-0.05, 0) is 49.5 Å². The van der Waals surface area contributed by atoms with Crippen molar-refractivity contribution >= 4 is 28.8 Å². The fraction of sp³-hybridized carbons (Fsp3) is 0.353. The number of carbonyl (C=O) groups excluding carboxylic acids is 1. The second-order valence-electron chi connectivity index (χ2n) is 5.46. The summed E-state index contributed by atoms with van der Waals surface area (Å²) >= 11 is 7.84. The van der Waals surface area contributed by atoms with Crippen molar-refractivity contribution in [2.45, 2.75) is 18.9 Å². The SMILES string of the molecule is O=C(NC[C@H](c1cccs1)N1CCCC1)c1ccccc1Cl. The molecule has 1 saturated heterocycles. The molecule has 1 aliphatic rings. The van der Waals surface area contributed by atoms with Crippen molar-refractivity contribution in [2.24, 2.45) is 0 Å². The van der Waals surface area contributed by atoms with Gasteiger partial charge in [-0.15, -0.1) is 11.3 Å². The quantitative estimate of drug-likeness (QED) is 0.897. The number of nitrogens with one attached hydrogen (secondary N) is 1. The van der Waals surface area contributed by atoms with Crippen LogP contribution in [0.2, 0.25) is 5.02 Å². The molecular formula is C17H19ClN2OS. The van der Waals surface area contributed by atoms with E-state index in [-0.39, 0.29) is 11.9 Å². The summed E-state index contributed by atoms with van der Waals surface area (Å²) in [6, 6.07) is 11.6. The van der Waals surface area contributed by atoms with Crippen molar-refractivity contribution in [3.63, 3.8) is 0 Å². The van der Waals surface area contributed by atoms with Crippen LogP contribution in [0.3, 0.4) is 0 Å². The summed E-state index contributed by atoms with van der Waals surface area (Å²) in [5, 5.41) is 5.63. The number of amides is 1. The predicted molar refractivity (Wildman–Crippen MR) is 91.7 cm³/mol. The van der Waals surface area contributed by atoms with Gasteiger partial charge in [-0.3, -0.25) is 9.69 Å². The molecule has 0 unspecified atom stereocenters. The lowest BCUT2D eigenvalue weighted by Crippen LogP contribution is -2.36. The van der Waals surface area contributed by atoms with Gasteiger partial charge in [0, 0.05) is 11.4 Å². The van der Waals surface area contributed by atoms with Crippen LogP contribution in [-0.4, -0.2) is 30.4 Å². The summed E-state index contributed by atoms with van der Waals surface area (Å²) in [5.41, 5.74) is 0.538. The molecule has 0 radical (unpaired) electrons. The van der Waals surface area contributed by atoms with Crippen LogP contribution in [0.5, 0.6) is 0 Å². The Morgan fingerprint density at radius 1 is 1.23 bits per heavy atom. The van der Waals surface area contributed by atoms with Gasteiger partial charge in [0.2, 0.25) is 0 Å². The zero-order valence-electron chi connectivity index (χ0n) is 12.3. The number of thiophene rings is 1. The minimum Gasteiger partial charge on any atom is -0.350 e. The Hall–Kier alpha value is -1.36. The summed E-state index contributed by atoms with van der Waals surface area (Å²) in [6.07, 6.45) is 2.47. The van der Waals surface area contributed by atoms with Crippen molar-refractivity contribution in [1.82, 2.24) is 10.2 Å². The van der Waals surface area contributed by atoms with E-state index in [9.17, 15) is 4.79 Å². The molecule has 1 aromatic heterocycles. The molecule has 1 fully saturated rings. The smallest absolute Gasteiger partial charge is 0.252 e. The summed E-state index contributed by atoms with van der Waals surface area (Å²) in [5.74, 6) is -0.105. The second kappa shape index (κ2) is 7.27. The average molecular weight is 335 g/mol. The molecule has 22 heavy (non-hydrogen) atoms. The van der Waals surface area contributed by atoms with E-state index < -0.39 is 0 Å². The maximum Gasteiger partial charge on any atom is 0.252 e. The topological polar surface area (TPSA) is 32.3 Å². The number of rotatable bonds is 5. The first kappa shape index (κ1) is 15.5. The monoisotopic (exact) mass is 334 g/mol. The first-order valence-corrected chi connectivity index (χ1v) is 8.81. The highest BCUT2D eigenvalue weighted by Crippen LogP contribution is 2.28. The Kier molecular flexibility index (Phi) is 5.13. The third kappa shape index (κ3) is 3.51. The normalized spacial score (nSPS) is 16.6. The highest BCUT2D eigenvalue weighted by Gasteiger charge is 2.25. The fourth-order valence-corrected chi connectivity index (χ4v) is 3.96. The maximum atomic E-state index is 12.3. The third-order valence-corrected chi connectivity index (χ3v) is 5.33. The van der Waals surface area contributed by atoms with E-state index in [4.69, 9.17) is 11.6 Å². The molecule has 5 heteroatoms. The van der Waals surface area contributed by atoms with Gasteiger partial charge in [-0.25, -0.2) is 0 Å². The molecule has 3 rings (SSSR count). The number of halogens is 1. The van der Waals surface area contributed by atoms with Crippen LogP contribution in [0, 0.1) is 0 Å². The standard InChI is InChI=1S/C17H19ClN2OS/c18-14-7-2-1-6-13(14)17(21)19-12-15(16-8-5-11-22-16)20-9-3-4-10-20/h1-2,5-8,11,15H,3-4,9-10,12H2,(H,19,21)/t15-/m1/s1. The van der Waals surface area contributed by atoms with Gasteiger partial charge in [0.25, 0.3) is 5.91 Å². The summed E-state index contributed by atoms with van der Waals surface area (Å²) in [4.78, 5) is 16.1. The molecule has 2 aromatic rings. The van der Waals surface area contributed by atoms with E-state index in [0.29, 0.717) is 17.1 Å². The Labute approximate surface area is 139 Å². The number of nitrogens with zero attached hydrogens (tertiary/aromatic N) is 1. The van der Waals surface area contributed by atoms with Crippen LogP contribution in [-0.2, 0) is 0 Å². The van der Waals surface area contributed by atoms with Crippen LogP contribution in [0.1, 0.15) is 34.1 Å². The summed E-state index contributed by atoms with van der Waals surface area (Å²) < 4.78 is 0. The van der Waals surface area contributed by atoms with E-state index in [2.05, 4.69) is 27.7 Å². The first-order valence-electron chi connectivity index (χ1n) is 7.56. The largest absolute Gasteiger partial charge is 0.350 e. The first-order chi connectivity index (χ1) is 10.8. The molecule has 0 aliphatic carbocycles. The molecule has 3 nitrogen and oxygen atoms in total. The number of likely N-dealkylation sites (tertiary alicyclic amines) is 1. The number of carbonyl (C=O) groups is 1. The Balaban J connectivity index is 1.69. The molecule has 1 amide bonds. The van der Waals surface area contributed by atoms with E-state index >= 15 is 0 Å². The van der Waals surface area contributed by atoms with Gasteiger partial charge >= 0.3 is 0 Å². The average Bonchev–Trinajstić information content (AvgIpc) is 3.21. The number of hydrogen-bond acceptors (Lipinski definition) is 3. The molecule has 0 spiro atoms.